The lowest BCUT2D eigenvalue weighted by Gasteiger charge is -2.40. The van der Waals surface area contributed by atoms with Gasteiger partial charge in [-0.15, -0.1) is 0 Å². The number of aliphatic hydroxyl groups is 4. The van der Waals surface area contributed by atoms with E-state index in [-0.39, 0.29) is 38.3 Å². The van der Waals surface area contributed by atoms with E-state index >= 15 is 0 Å². The fraction of sp³-hybridized carbons (Fsp3) is 0.941. The van der Waals surface area contributed by atoms with Crippen molar-refractivity contribution in [3.05, 3.63) is 0 Å². The third-order valence-electron chi connectivity index (χ3n) is 5.73. The summed E-state index contributed by atoms with van der Waals surface area (Å²) in [6.07, 6.45) is 3.85. The van der Waals surface area contributed by atoms with Crippen LogP contribution in [0.1, 0.15) is 51.4 Å². The van der Waals surface area contributed by atoms with Crippen LogP contribution >= 0.6 is 0 Å². The predicted octanol–water partition coefficient (Wildman–Crippen LogP) is 0.967. The molecule has 0 bridgehead atoms. The molecule has 24 heavy (non-hydrogen) atoms. The quantitative estimate of drug-likeness (QED) is 0.529. The van der Waals surface area contributed by atoms with E-state index < -0.39 is 17.4 Å². The third kappa shape index (κ3) is 4.59. The molecule has 0 spiro atoms. The number of carbonyl (C=O) groups is 1. The van der Waals surface area contributed by atoms with E-state index in [1.165, 1.54) is 0 Å². The van der Waals surface area contributed by atoms with Crippen LogP contribution in [-0.2, 0) is 9.47 Å². The molecule has 0 aromatic rings. The Morgan fingerprint density at radius 3 is 1.33 bits per heavy atom. The lowest BCUT2D eigenvalue weighted by Crippen LogP contribution is -2.47. The molecule has 0 unspecified atom stereocenters. The van der Waals surface area contributed by atoms with Crippen LogP contribution in [0.5, 0.6) is 0 Å². The molecule has 0 aromatic carbocycles. The van der Waals surface area contributed by atoms with Crippen LogP contribution in [0.4, 0.5) is 4.79 Å². The van der Waals surface area contributed by atoms with E-state index in [2.05, 4.69) is 0 Å². The van der Waals surface area contributed by atoms with Gasteiger partial charge in [-0.2, -0.15) is 0 Å². The third-order valence-corrected chi connectivity index (χ3v) is 5.73. The van der Waals surface area contributed by atoms with Crippen LogP contribution in [0.3, 0.4) is 0 Å². The van der Waals surface area contributed by atoms with Gasteiger partial charge in [0, 0.05) is 13.2 Å². The van der Waals surface area contributed by atoms with Crippen LogP contribution in [0, 0.1) is 11.8 Å². The number of hydrogen-bond donors (Lipinski definition) is 4. The van der Waals surface area contributed by atoms with Gasteiger partial charge in [-0.3, -0.25) is 0 Å². The van der Waals surface area contributed by atoms with Crippen LogP contribution in [0.15, 0.2) is 0 Å². The molecular formula is C17H30O7. The second kappa shape index (κ2) is 8.47. The molecule has 0 saturated heterocycles. The summed E-state index contributed by atoms with van der Waals surface area (Å²) in [7, 11) is 0. The molecular weight excluding hydrogens is 316 g/mol. The van der Waals surface area contributed by atoms with E-state index in [9.17, 15) is 25.2 Å². The average molecular weight is 346 g/mol. The number of carbonyl (C=O) groups excluding carboxylic acids is 1. The van der Waals surface area contributed by atoms with Gasteiger partial charge in [-0.05, 0) is 63.2 Å². The Labute approximate surface area is 142 Å². The molecule has 7 nitrogen and oxygen atoms in total. The lowest BCUT2D eigenvalue weighted by molar-refractivity contribution is -0.135. The van der Waals surface area contributed by atoms with Crippen molar-refractivity contribution in [2.45, 2.75) is 62.6 Å². The van der Waals surface area contributed by atoms with Crippen LogP contribution < -0.4 is 0 Å². The summed E-state index contributed by atoms with van der Waals surface area (Å²) >= 11 is 0. The van der Waals surface area contributed by atoms with Gasteiger partial charge in [0.25, 0.3) is 0 Å². The molecule has 0 amide bonds. The Hall–Kier alpha value is -0.890. The summed E-state index contributed by atoms with van der Waals surface area (Å²) in [6.45, 7) is -0.352. The van der Waals surface area contributed by atoms with Crippen molar-refractivity contribution in [1.82, 2.24) is 0 Å². The molecule has 140 valence electrons. The summed E-state index contributed by atoms with van der Waals surface area (Å²) in [4.78, 5) is 12.2. The van der Waals surface area contributed by atoms with E-state index in [0.29, 0.717) is 51.4 Å². The van der Waals surface area contributed by atoms with E-state index in [0.717, 1.165) is 0 Å². The van der Waals surface area contributed by atoms with Crippen molar-refractivity contribution in [1.29, 1.82) is 0 Å². The van der Waals surface area contributed by atoms with Crippen LogP contribution in [0.2, 0.25) is 0 Å². The van der Waals surface area contributed by atoms with Gasteiger partial charge >= 0.3 is 6.16 Å². The van der Waals surface area contributed by atoms with Crippen molar-refractivity contribution >= 4 is 6.16 Å². The maximum absolute atomic E-state index is 12.2. The van der Waals surface area contributed by atoms with Gasteiger partial charge in [-0.1, -0.05) is 0 Å². The maximum Gasteiger partial charge on any atom is 0.509 e. The van der Waals surface area contributed by atoms with E-state index in [4.69, 9.17) is 9.47 Å². The minimum Gasteiger partial charge on any atom is -0.425 e. The molecule has 2 aliphatic rings. The minimum atomic E-state index is -0.957. The zero-order valence-corrected chi connectivity index (χ0v) is 14.2. The molecule has 0 radical (unpaired) electrons. The first-order chi connectivity index (χ1) is 11.5. The number of hydrogen-bond acceptors (Lipinski definition) is 7. The van der Waals surface area contributed by atoms with Crippen molar-refractivity contribution in [3.63, 3.8) is 0 Å². The molecule has 0 aromatic heterocycles. The van der Waals surface area contributed by atoms with Gasteiger partial charge < -0.3 is 29.9 Å². The first-order valence-electron chi connectivity index (χ1n) is 8.86. The highest BCUT2D eigenvalue weighted by atomic mass is 16.7. The zero-order valence-electron chi connectivity index (χ0n) is 14.2. The summed E-state index contributed by atoms with van der Waals surface area (Å²) < 4.78 is 10.9. The minimum absolute atomic E-state index is 0.103. The fourth-order valence-electron chi connectivity index (χ4n) is 3.73. The number of ether oxygens (including phenoxy) is 2. The summed E-state index contributed by atoms with van der Waals surface area (Å²) in [5, 5.41) is 37.7. The number of aliphatic hydroxyl groups excluding tert-OH is 4. The van der Waals surface area contributed by atoms with Crippen molar-refractivity contribution < 1.29 is 34.7 Å². The normalized spacial score (nSPS) is 37.0. The van der Waals surface area contributed by atoms with Crippen molar-refractivity contribution in [3.8, 4) is 0 Å². The topological polar surface area (TPSA) is 116 Å². The Kier molecular flexibility index (Phi) is 6.86. The maximum atomic E-state index is 12.2. The summed E-state index contributed by atoms with van der Waals surface area (Å²) in [5.41, 5.74) is -1.91. The number of rotatable bonds is 6. The molecule has 0 heterocycles. The monoisotopic (exact) mass is 346 g/mol. The van der Waals surface area contributed by atoms with Crippen molar-refractivity contribution in [2.24, 2.45) is 11.8 Å². The summed E-state index contributed by atoms with van der Waals surface area (Å²) in [6, 6.07) is 0. The molecule has 2 fully saturated rings. The molecule has 2 rings (SSSR count). The van der Waals surface area contributed by atoms with Gasteiger partial charge in [0.2, 0.25) is 0 Å². The standard InChI is InChI=1S/C17H30O7/c18-9-13-1-5-16(11-20,6-2-13)23-15(22)24-17(12-21)7-3-14(10-19)4-8-17/h13-14,18-21H,1-12H2. The molecule has 0 aliphatic heterocycles. The molecule has 2 saturated carbocycles. The Morgan fingerprint density at radius 1 is 0.750 bits per heavy atom. The largest absolute Gasteiger partial charge is 0.509 e. The SMILES string of the molecule is O=C(OC1(CO)CCC(CO)CC1)OC1(CO)CCC(CO)CC1. The smallest absolute Gasteiger partial charge is 0.425 e. The van der Waals surface area contributed by atoms with Gasteiger partial charge in [0.05, 0.1) is 13.2 Å². The van der Waals surface area contributed by atoms with Crippen LogP contribution in [0.25, 0.3) is 0 Å². The Morgan fingerprint density at radius 2 is 1.08 bits per heavy atom. The van der Waals surface area contributed by atoms with Gasteiger partial charge in [0.15, 0.2) is 0 Å². The zero-order chi connectivity index (χ0) is 17.6. The first-order valence-corrected chi connectivity index (χ1v) is 8.86. The lowest BCUT2D eigenvalue weighted by atomic mass is 9.79. The fourth-order valence-corrected chi connectivity index (χ4v) is 3.73. The highest BCUT2D eigenvalue weighted by molar-refractivity contribution is 5.61. The summed E-state index contributed by atoms with van der Waals surface area (Å²) in [5.74, 6) is 0.365. The van der Waals surface area contributed by atoms with Crippen molar-refractivity contribution in [2.75, 3.05) is 26.4 Å². The predicted molar refractivity (Wildman–Crippen MR) is 85.3 cm³/mol. The molecule has 7 heteroatoms. The second-order valence-electron chi connectivity index (χ2n) is 7.39. The highest BCUT2D eigenvalue weighted by Crippen LogP contribution is 2.38. The van der Waals surface area contributed by atoms with Gasteiger partial charge in [-0.25, -0.2) is 4.79 Å². The Bertz CT molecular complexity index is 360. The molecule has 2 aliphatic carbocycles. The van der Waals surface area contributed by atoms with Crippen LogP contribution in [-0.4, -0.2) is 64.2 Å². The van der Waals surface area contributed by atoms with E-state index in [1.807, 2.05) is 0 Å². The Balaban J connectivity index is 1.91. The second-order valence-corrected chi connectivity index (χ2v) is 7.39. The highest BCUT2D eigenvalue weighted by Gasteiger charge is 2.43. The average Bonchev–Trinajstić information content (AvgIpc) is 2.62. The van der Waals surface area contributed by atoms with E-state index in [1.54, 1.807) is 0 Å². The first kappa shape index (κ1) is 19.4. The molecule has 0 atom stereocenters. The van der Waals surface area contributed by atoms with Gasteiger partial charge in [0.1, 0.15) is 11.2 Å². The molecule has 4 N–H and O–H groups in total.